The second kappa shape index (κ2) is 1.32. The normalized spacial score (nSPS) is 19.3. The van der Waals surface area contributed by atoms with Gasteiger partial charge in [0.2, 0.25) is 0 Å². The van der Waals surface area contributed by atoms with Crippen molar-refractivity contribution in [3.63, 3.8) is 0 Å². The molecule has 6 heavy (non-hydrogen) atoms. The predicted molar refractivity (Wildman–Crippen MR) is 30.6 cm³/mol. The average Bonchev–Trinajstić information content (AvgIpc) is 0.650. The van der Waals surface area contributed by atoms with Crippen LogP contribution in [0.3, 0.4) is 0 Å². The van der Waals surface area contributed by atoms with Crippen molar-refractivity contribution in [1.29, 1.82) is 0 Å². The van der Waals surface area contributed by atoms with Crippen LogP contribution in [0.25, 0.3) is 0 Å². The Labute approximate surface area is 51.9 Å². The molecule has 0 unspecified atom stereocenters. The van der Waals surface area contributed by atoms with Crippen LogP contribution in [0.2, 0.25) is 0 Å². The Morgan fingerprint density at radius 1 is 1.00 bits per heavy atom. The first-order valence-corrected chi connectivity index (χ1v) is 8.68. The fraction of sp³-hybridized carbons (Fsp3) is 1.00. The van der Waals surface area contributed by atoms with Gasteiger partial charge in [-0.25, -0.2) is 0 Å². The summed E-state index contributed by atoms with van der Waals surface area (Å²) in [5, 5.41) is 0. The fourth-order valence-corrected chi connectivity index (χ4v) is 0. The monoisotopic (exact) mass is 288 g/mol. The first-order chi connectivity index (χ1) is 2.24. The Hall–Kier alpha value is 1.17. The van der Waals surface area contributed by atoms with Crippen molar-refractivity contribution < 1.29 is 20.5 Å². The van der Waals surface area contributed by atoms with E-state index in [4.69, 9.17) is 0 Å². The van der Waals surface area contributed by atoms with Crippen LogP contribution in [0.5, 0.6) is 0 Å². The number of hydrogen-bond acceptors (Lipinski definition) is 0. The van der Waals surface area contributed by atoms with Crippen molar-refractivity contribution in [2.75, 3.05) is 26.7 Å². The molecule has 0 aliphatic heterocycles. The summed E-state index contributed by atoms with van der Waals surface area (Å²) >= 11 is 2.72. The third-order valence-corrected chi connectivity index (χ3v) is 0. The Morgan fingerprint density at radius 2 is 1.00 bits per heavy atom. The van der Waals surface area contributed by atoms with Gasteiger partial charge in [0, 0.05) is 0 Å². The first-order valence-electron chi connectivity index (χ1n) is 1.92. The standard InChI is InChI=1S/C4H12P.Au/c1-5(2,3)4;/h1-4H3;/q+1;-1. The van der Waals surface area contributed by atoms with E-state index in [9.17, 15) is 0 Å². The van der Waals surface area contributed by atoms with Crippen LogP contribution in [0.4, 0.5) is 0 Å². The Bertz CT molecular complexity index is 40.7. The molecule has 0 bridgehead atoms. The molecule has 0 aliphatic rings. The molecule has 0 nitrogen and oxygen atoms in total. The van der Waals surface area contributed by atoms with Crippen LogP contribution < -0.4 is 0 Å². The van der Waals surface area contributed by atoms with Crippen LogP contribution >= 0.6 is 4.49 Å². The summed E-state index contributed by atoms with van der Waals surface area (Å²) in [5.74, 6) is 0. The summed E-state index contributed by atoms with van der Waals surface area (Å²) in [4.78, 5) is 0. The van der Waals surface area contributed by atoms with Gasteiger partial charge >= 0.3 is 51.7 Å². The van der Waals surface area contributed by atoms with Gasteiger partial charge in [-0.2, -0.15) is 0 Å². The summed E-state index contributed by atoms with van der Waals surface area (Å²) in [6, 6.07) is 0. The number of hydrogen-bond donors (Lipinski definition) is 0. The molecule has 0 N–H and O–H groups in total. The van der Waals surface area contributed by atoms with Crippen molar-refractivity contribution in [3.05, 3.63) is 0 Å². The van der Waals surface area contributed by atoms with Crippen LogP contribution in [0, 0.1) is 0 Å². The van der Waals surface area contributed by atoms with E-state index in [1.807, 2.05) is 0 Å². The summed E-state index contributed by atoms with van der Waals surface area (Å²) < 4.78 is -1.11. The molecule has 0 saturated carbocycles. The van der Waals surface area contributed by atoms with E-state index in [2.05, 4.69) is 47.2 Å². The van der Waals surface area contributed by atoms with Crippen molar-refractivity contribution >= 4 is 4.49 Å². The quantitative estimate of drug-likeness (QED) is 0.468. The van der Waals surface area contributed by atoms with E-state index >= 15 is 0 Å². The molecular weight excluding hydrogens is 276 g/mol. The van der Waals surface area contributed by atoms with Crippen molar-refractivity contribution in [2.24, 2.45) is 0 Å². The van der Waals surface area contributed by atoms with Crippen molar-refractivity contribution in [2.45, 2.75) is 0 Å². The zero-order chi connectivity index (χ0) is 5.45. The van der Waals surface area contributed by atoms with E-state index in [0.717, 1.165) is 0 Å². The molecule has 0 aromatic rings. The van der Waals surface area contributed by atoms with Crippen LogP contribution in [-0.2, 0) is 20.5 Å². The Kier molecular flexibility index (Phi) is 1.58. The molecule has 0 spiro atoms. The molecule has 0 saturated heterocycles. The summed E-state index contributed by atoms with van der Waals surface area (Å²) in [5.41, 5.74) is 0. The first kappa shape index (κ1) is 7.17. The topological polar surface area (TPSA) is 0 Å². The maximum atomic E-state index is 2.72. The third kappa shape index (κ3) is 65.7. The second-order valence-electron chi connectivity index (χ2n) is 3.22. The van der Waals surface area contributed by atoms with Crippen LogP contribution in [0.15, 0.2) is 0 Å². The van der Waals surface area contributed by atoms with Crippen LogP contribution in [-0.4, -0.2) is 26.7 Å². The van der Waals surface area contributed by atoms with E-state index in [-0.39, 0.29) is 0 Å². The zero-order valence-electron chi connectivity index (χ0n) is 4.75. The zero-order valence-corrected chi connectivity index (χ0v) is 7.81. The van der Waals surface area contributed by atoms with Gasteiger partial charge in [-0.1, -0.05) is 0 Å². The molecule has 0 amide bonds. The fourth-order valence-electron chi connectivity index (χ4n) is 0. The van der Waals surface area contributed by atoms with Gasteiger partial charge in [-0.15, -0.1) is 0 Å². The molecule has 0 radical (unpaired) electrons. The van der Waals surface area contributed by atoms with Gasteiger partial charge in [0.05, 0.1) is 0 Å². The van der Waals surface area contributed by atoms with Crippen LogP contribution in [0.1, 0.15) is 0 Å². The molecule has 0 aromatic heterocycles. The number of rotatable bonds is 0. The molecule has 0 heterocycles. The summed E-state index contributed by atoms with van der Waals surface area (Å²) in [6.45, 7) is 9.26. The average molecular weight is 288 g/mol. The minimum absolute atomic E-state index is 1.11. The van der Waals surface area contributed by atoms with Gasteiger partial charge in [0.1, 0.15) is 0 Å². The molecule has 0 fully saturated rings. The summed E-state index contributed by atoms with van der Waals surface area (Å²) in [7, 11) is 0. The van der Waals surface area contributed by atoms with Gasteiger partial charge in [0.25, 0.3) is 0 Å². The van der Waals surface area contributed by atoms with Crippen molar-refractivity contribution in [3.8, 4) is 0 Å². The second-order valence-corrected chi connectivity index (χ2v) is 21.3. The van der Waals surface area contributed by atoms with Gasteiger partial charge < -0.3 is 0 Å². The van der Waals surface area contributed by atoms with E-state index in [1.54, 1.807) is 0 Å². The Balaban J connectivity index is 3.73. The van der Waals surface area contributed by atoms with Gasteiger partial charge in [-0.3, -0.25) is 0 Å². The molecule has 44 valence electrons. The maximum absolute atomic E-state index is 2.72. The Morgan fingerprint density at radius 3 is 1.00 bits per heavy atom. The minimum atomic E-state index is -1.11. The molecular formula is C4H12AuP. The molecule has 0 rings (SSSR count). The molecule has 0 aliphatic carbocycles. The molecule has 2 heteroatoms. The van der Waals surface area contributed by atoms with E-state index in [1.165, 1.54) is 0 Å². The van der Waals surface area contributed by atoms with E-state index in [0.29, 0.717) is 0 Å². The van der Waals surface area contributed by atoms with E-state index < -0.39 is 4.49 Å². The third-order valence-electron chi connectivity index (χ3n) is 0. The SMILES string of the molecule is C[P](C)(C)(C)[Au]. The molecule has 0 atom stereocenters. The van der Waals surface area contributed by atoms with Gasteiger partial charge in [0.15, 0.2) is 0 Å². The molecule has 0 aromatic carbocycles. The van der Waals surface area contributed by atoms with Crippen molar-refractivity contribution in [1.82, 2.24) is 0 Å². The summed E-state index contributed by atoms with van der Waals surface area (Å²) in [6.07, 6.45) is 0. The predicted octanol–water partition coefficient (Wildman–Crippen LogP) is 1.52. The van der Waals surface area contributed by atoms with Gasteiger partial charge in [-0.05, 0) is 0 Å².